The van der Waals surface area contributed by atoms with Gasteiger partial charge in [0, 0.05) is 12.5 Å². The molecule has 0 radical (unpaired) electrons. The summed E-state index contributed by atoms with van der Waals surface area (Å²) >= 11 is 0. The van der Waals surface area contributed by atoms with Gasteiger partial charge in [0.15, 0.2) is 0 Å². The third kappa shape index (κ3) is 2.24. The predicted octanol–water partition coefficient (Wildman–Crippen LogP) is 1.67. The lowest BCUT2D eigenvalue weighted by Gasteiger charge is -2.32. The van der Waals surface area contributed by atoms with E-state index in [1.165, 1.54) is 19.3 Å². The number of hydrazine groups is 1. The summed E-state index contributed by atoms with van der Waals surface area (Å²) in [5, 5.41) is 0. The van der Waals surface area contributed by atoms with Crippen LogP contribution in [0.1, 0.15) is 39.5 Å². The van der Waals surface area contributed by atoms with Crippen LogP contribution in [-0.4, -0.2) is 6.04 Å². The molecule has 1 rings (SSSR count). The van der Waals surface area contributed by atoms with Gasteiger partial charge in [-0.2, -0.15) is 0 Å². The van der Waals surface area contributed by atoms with Crippen molar-refractivity contribution in [2.24, 2.45) is 17.2 Å². The molecule has 2 unspecified atom stereocenters. The average molecular weight is 180 g/mol. The van der Waals surface area contributed by atoms with Crippen LogP contribution in [0.25, 0.3) is 0 Å². The monoisotopic (exact) mass is 180 g/mol. The van der Waals surface area contributed by atoms with Crippen molar-refractivity contribution in [1.82, 2.24) is 5.43 Å². The Bertz CT molecular complexity index is 203. The summed E-state index contributed by atoms with van der Waals surface area (Å²) < 4.78 is 0. The maximum absolute atomic E-state index is 5.51. The van der Waals surface area contributed by atoms with Crippen molar-refractivity contribution in [3.05, 3.63) is 0 Å². The molecular formula is C11H20N2. The molecule has 0 amide bonds. The van der Waals surface area contributed by atoms with Gasteiger partial charge in [-0.25, -0.2) is 0 Å². The van der Waals surface area contributed by atoms with E-state index in [2.05, 4.69) is 25.2 Å². The van der Waals surface area contributed by atoms with E-state index >= 15 is 0 Å². The molecule has 74 valence electrons. The Balaban J connectivity index is 2.63. The molecule has 0 aliphatic heterocycles. The molecule has 1 aliphatic carbocycles. The van der Waals surface area contributed by atoms with Crippen LogP contribution in [-0.2, 0) is 0 Å². The summed E-state index contributed by atoms with van der Waals surface area (Å²) in [6, 6.07) is 0.294. The van der Waals surface area contributed by atoms with Crippen LogP contribution < -0.4 is 11.3 Å². The van der Waals surface area contributed by atoms with Gasteiger partial charge in [-0.15, -0.1) is 12.3 Å². The summed E-state index contributed by atoms with van der Waals surface area (Å²) in [5.41, 5.74) is 3.25. The van der Waals surface area contributed by atoms with Gasteiger partial charge in [-0.05, 0) is 24.2 Å². The number of hydrogen-bond donors (Lipinski definition) is 2. The minimum absolute atomic E-state index is 0.294. The van der Waals surface area contributed by atoms with Gasteiger partial charge in [-0.1, -0.05) is 20.3 Å². The first kappa shape index (κ1) is 10.6. The molecule has 1 saturated carbocycles. The summed E-state index contributed by atoms with van der Waals surface area (Å²) in [6.07, 6.45) is 9.91. The zero-order valence-corrected chi connectivity index (χ0v) is 8.64. The fourth-order valence-electron chi connectivity index (χ4n) is 2.54. The maximum Gasteiger partial charge on any atom is 0.0353 e. The van der Waals surface area contributed by atoms with E-state index in [0.29, 0.717) is 17.4 Å². The largest absolute Gasteiger partial charge is 0.271 e. The highest BCUT2D eigenvalue weighted by Crippen LogP contribution is 2.44. The third-order valence-electron chi connectivity index (χ3n) is 3.38. The number of nitrogens with two attached hydrogens (primary N) is 1. The van der Waals surface area contributed by atoms with Gasteiger partial charge in [0.25, 0.3) is 0 Å². The van der Waals surface area contributed by atoms with Crippen molar-refractivity contribution in [2.45, 2.75) is 45.6 Å². The predicted molar refractivity (Wildman–Crippen MR) is 55.7 cm³/mol. The zero-order valence-electron chi connectivity index (χ0n) is 8.64. The Kier molecular flexibility index (Phi) is 3.35. The van der Waals surface area contributed by atoms with Crippen molar-refractivity contribution in [1.29, 1.82) is 0 Å². The van der Waals surface area contributed by atoms with E-state index in [4.69, 9.17) is 12.3 Å². The van der Waals surface area contributed by atoms with E-state index in [-0.39, 0.29) is 0 Å². The maximum atomic E-state index is 5.51. The normalized spacial score (nSPS) is 28.3. The SMILES string of the molecule is C#CCC(NN)C1CCCC1(C)C. The van der Waals surface area contributed by atoms with Gasteiger partial charge in [0.05, 0.1) is 0 Å². The van der Waals surface area contributed by atoms with Crippen LogP contribution in [0.5, 0.6) is 0 Å². The van der Waals surface area contributed by atoms with E-state index in [1.54, 1.807) is 0 Å². The van der Waals surface area contributed by atoms with Crippen molar-refractivity contribution < 1.29 is 0 Å². The smallest absolute Gasteiger partial charge is 0.0353 e. The molecule has 2 heteroatoms. The highest BCUT2D eigenvalue weighted by Gasteiger charge is 2.38. The van der Waals surface area contributed by atoms with Crippen LogP contribution in [0, 0.1) is 23.7 Å². The van der Waals surface area contributed by atoms with Gasteiger partial charge >= 0.3 is 0 Å². The zero-order chi connectivity index (χ0) is 9.90. The molecule has 0 saturated heterocycles. The molecule has 2 atom stereocenters. The van der Waals surface area contributed by atoms with E-state index in [1.807, 2.05) is 0 Å². The van der Waals surface area contributed by atoms with Crippen LogP contribution >= 0.6 is 0 Å². The third-order valence-corrected chi connectivity index (χ3v) is 3.38. The second-order valence-corrected chi connectivity index (χ2v) is 4.67. The Hall–Kier alpha value is -0.520. The highest BCUT2D eigenvalue weighted by atomic mass is 15.2. The van der Waals surface area contributed by atoms with Gasteiger partial charge in [0.2, 0.25) is 0 Å². The molecule has 1 fully saturated rings. The molecule has 0 aromatic heterocycles. The summed E-state index contributed by atoms with van der Waals surface area (Å²) in [6.45, 7) is 4.62. The van der Waals surface area contributed by atoms with Crippen LogP contribution in [0.15, 0.2) is 0 Å². The molecule has 0 heterocycles. The second kappa shape index (κ2) is 4.13. The standard InChI is InChI=1S/C11H20N2/c1-4-6-10(13-12)9-7-5-8-11(9,2)3/h1,9-10,13H,5-8,12H2,2-3H3. The van der Waals surface area contributed by atoms with Gasteiger partial charge in [0.1, 0.15) is 0 Å². The fraction of sp³-hybridized carbons (Fsp3) is 0.818. The van der Waals surface area contributed by atoms with Gasteiger partial charge < -0.3 is 0 Å². The molecule has 2 nitrogen and oxygen atoms in total. The fourth-order valence-corrected chi connectivity index (χ4v) is 2.54. The van der Waals surface area contributed by atoms with Crippen LogP contribution in [0.4, 0.5) is 0 Å². The van der Waals surface area contributed by atoms with Crippen molar-refractivity contribution in [3.63, 3.8) is 0 Å². The first-order chi connectivity index (χ1) is 6.11. The number of terminal acetylenes is 1. The number of hydrogen-bond acceptors (Lipinski definition) is 2. The molecule has 0 bridgehead atoms. The Morgan fingerprint density at radius 1 is 1.69 bits per heavy atom. The lowest BCUT2D eigenvalue weighted by atomic mass is 9.77. The molecular weight excluding hydrogens is 160 g/mol. The lowest BCUT2D eigenvalue weighted by Crippen LogP contribution is -2.44. The highest BCUT2D eigenvalue weighted by molar-refractivity contribution is 4.97. The Labute approximate surface area is 81.2 Å². The quantitative estimate of drug-likeness (QED) is 0.394. The van der Waals surface area contributed by atoms with E-state index < -0.39 is 0 Å². The molecule has 13 heavy (non-hydrogen) atoms. The van der Waals surface area contributed by atoms with Crippen molar-refractivity contribution >= 4 is 0 Å². The number of nitrogens with one attached hydrogen (secondary N) is 1. The van der Waals surface area contributed by atoms with Crippen molar-refractivity contribution in [3.8, 4) is 12.3 Å². The van der Waals surface area contributed by atoms with Crippen LogP contribution in [0.2, 0.25) is 0 Å². The van der Waals surface area contributed by atoms with Crippen molar-refractivity contribution in [2.75, 3.05) is 0 Å². The first-order valence-electron chi connectivity index (χ1n) is 5.01. The van der Waals surface area contributed by atoms with Gasteiger partial charge in [-0.3, -0.25) is 11.3 Å². The first-order valence-corrected chi connectivity index (χ1v) is 5.01. The summed E-state index contributed by atoms with van der Waals surface area (Å²) in [4.78, 5) is 0. The number of rotatable bonds is 3. The minimum atomic E-state index is 0.294. The molecule has 3 N–H and O–H groups in total. The topological polar surface area (TPSA) is 38.0 Å². The Morgan fingerprint density at radius 2 is 2.38 bits per heavy atom. The molecule has 0 aromatic rings. The summed E-state index contributed by atoms with van der Waals surface area (Å²) in [5.74, 6) is 8.84. The average Bonchev–Trinajstić information content (AvgIpc) is 2.41. The minimum Gasteiger partial charge on any atom is -0.271 e. The Morgan fingerprint density at radius 3 is 2.77 bits per heavy atom. The van der Waals surface area contributed by atoms with Crippen LogP contribution in [0.3, 0.4) is 0 Å². The second-order valence-electron chi connectivity index (χ2n) is 4.67. The van der Waals surface area contributed by atoms with E-state index in [9.17, 15) is 0 Å². The van der Waals surface area contributed by atoms with E-state index in [0.717, 1.165) is 6.42 Å². The lowest BCUT2D eigenvalue weighted by molar-refractivity contribution is 0.199. The molecule has 0 spiro atoms. The summed E-state index contributed by atoms with van der Waals surface area (Å²) in [7, 11) is 0. The molecule has 1 aliphatic rings. The molecule has 0 aromatic carbocycles.